The Hall–Kier alpha value is -2.74. The summed E-state index contributed by atoms with van der Waals surface area (Å²) in [5.41, 5.74) is 2.49. The number of nitrogens with zero attached hydrogens (tertiary/aromatic N) is 2. The molecule has 2 N–H and O–H groups in total. The summed E-state index contributed by atoms with van der Waals surface area (Å²) >= 11 is 0. The minimum absolute atomic E-state index is 0.156. The Labute approximate surface area is 163 Å². The smallest absolute Gasteiger partial charge is 0.255 e. The van der Waals surface area contributed by atoms with Crippen molar-refractivity contribution in [1.82, 2.24) is 20.4 Å². The summed E-state index contributed by atoms with van der Waals surface area (Å²) < 4.78 is 0. The molecule has 2 fully saturated rings. The molecule has 0 radical (unpaired) electrons. The fourth-order valence-corrected chi connectivity index (χ4v) is 4.11. The Morgan fingerprint density at radius 2 is 1.93 bits per heavy atom. The van der Waals surface area contributed by atoms with Crippen LogP contribution in [0.3, 0.4) is 0 Å². The Kier molecular flexibility index (Phi) is 5.13. The second-order valence-electron chi connectivity index (χ2n) is 7.52. The molecule has 148 valence electrons. The average Bonchev–Trinajstić information content (AvgIpc) is 3.02. The maximum absolute atomic E-state index is 12.7. The lowest BCUT2D eigenvalue weighted by molar-refractivity contribution is -0.137. The highest BCUT2D eigenvalue weighted by molar-refractivity contribution is 6.05. The van der Waals surface area contributed by atoms with Crippen molar-refractivity contribution in [1.29, 1.82) is 0 Å². The SMILES string of the molecule is O=C1CCC(N2Cc3cc(CCC(=O)N4CCNCC4)ccc3C2=O)C(=O)N1. The standard InChI is InChI=1S/C20H24N4O4/c25-17-5-4-16(19(27)22-17)24-12-14-11-13(1-3-15(14)20(24)28)2-6-18(26)23-9-7-21-8-10-23/h1,3,11,16,21H,2,4-10,12H2,(H,22,25,27). The summed E-state index contributed by atoms with van der Waals surface area (Å²) in [6, 6.07) is 5.03. The van der Waals surface area contributed by atoms with Gasteiger partial charge in [-0.2, -0.15) is 0 Å². The summed E-state index contributed by atoms with van der Waals surface area (Å²) in [5, 5.41) is 5.55. The van der Waals surface area contributed by atoms with Crippen LogP contribution in [0, 0.1) is 0 Å². The molecule has 0 saturated carbocycles. The van der Waals surface area contributed by atoms with Crippen LogP contribution in [0.15, 0.2) is 18.2 Å². The van der Waals surface area contributed by atoms with Crippen molar-refractivity contribution in [3.8, 4) is 0 Å². The van der Waals surface area contributed by atoms with E-state index in [9.17, 15) is 19.2 Å². The van der Waals surface area contributed by atoms with Crippen LogP contribution in [0.1, 0.15) is 40.7 Å². The van der Waals surface area contributed by atoms with Gasteiger partial charge in [-0.25, -0.2) is 0 Å². The largest absolute Gasteiger partial charge is 0.340 e. The maximum atomic E-state index is 12.7. The van der Waals surface area contributed by atoms with E-state index in [1.54, 1.807) is 11.0 Å². The van der Waals surface area contributed by atoms with E-state index in [0.717, 1.165) is 37.3 Å². The summed E-state index contributed by atoms with van der Waals surface area (Å²) in [7, 11) is 0. The molecular formula is C20H24N4O4. The Bertz CT molecular complexity index is 831. The van der Waals surface area contributed by atoms with Gasteiger partial charge in [0.25, 0.3) is 5.91 Å². The van der Waals surface area contributed by atoms with Crippen molar-refractivity contribution in [2.45, 2.75) is 38.3 Å². The van der Waals surface area contributed by atoms with Gasteiger partial charge < -0.3 is 15.1 Å². The van der Waals surface area contributed by atoms with Crippen LogP contribution in [-0.4, -0.2) is 65.6 Å². The molecule has 28 heavy (non-hydrogen) atoms. The number of hydrogen-bond donors (Lipinski definition) is 2. The van der Waals surface area contributed by atoms with Gasteiger partial charge in [-0.1, -0.05) is 12.1 Å². The number of carbonyl (C=O) groups excluding carboxylic acids is 4. The Morgan fingerprint density at radius 3 is 2.68 bits per heavy atom. The molecule has 0 bridgehead atoms. The minimum atomic E-state index is -0.602. The van der Waals surface area contributed by atoms with Crippen LogP contribution in [0.5, 0.6) is 0 Å². The van der Waals surface area contributed by atoms with Crippen LogP contribution in [0.25, 0.3) is 0 Å². The molecule has 0 aliphatic carbocycles. The van der Waals surface area contributed by atoms with Crippen LogP contribution in [0.4, 0.5) is 0 Å². The molecule has 8 nitrogen and oxygen atoms in total. The van der Waals surface area contributed by atoms with Gasteiger partial charge in [-0.15, -0.1) is 0 Å². The lowest BCUT2D eigenvalue weighted by Gasteiger charge is -2.29. The zero-order valence-corrected chi connectivity index (χ0v) is 15.7. The lowest BCUT2D eigenvalue weighted by atomic mass is 10.0. The highest BCUT2D eigenvalue weighted by atomic mass is 16.2. The molecule has 1 aromatic carbocycles. The number of aryl methyl sites for hydroxylation is 1. The van der Waals surface area contributed by atoms with Crippen LogP contribution in [0.2, 0.25) is 0 Å². The third kappa shape index (κ3) is 3.64. The van der Waals surface area contributed by atoms with Gasteiger partial charge >= 0.3 is 0 Å². The number of nitrogens with one attached hydrogen (secondary N) is 2. The van der Waals surface area contributed by atoms with Crippen LogP contribution < -0.4 is 10.6 Å². The fraction of sp³-hybridized carbons (Fsp3) is 0.500. The van der Waals surface area contributed by atoms with Gasteiger partial charge in [-0.3, -0.25) is 24.5 Å². The molecule has 1 aromatic rings. The number of amides is 4. The first-order valence-corrected chi connectivity index (χ1v) is 9.78. The van der Waals surface area contributed by atoms with E-state index in [1.165, 1.54) is 0 Å². The first-order valence-electron chi connectivity index (χ1n) is 9.78. The number of piperidine rings is 1. The Balaban J connectivity index is 1.40. The molecule has 4 rings (SSSR count). The van der Waals surface area contributed by atoms with Crippen molar-refractivity contribution < 1.29 is 19.2 Å². The van der Waals surface area contributed by atoms with E-state index >= 15 is 0 Å². The van der Waals surface area contributed by atoms with E-state index < -0.39 is 11.9 Å². The molecule has 8 heteroatoms. The number of fused-ring (bicyclic) bond motifs is 1. The summed E-state index contributed by atoms with van der Waals surface area (Å²) in [6.45, 7) is 3.53. The van der Waals surface area contributed by atoms with Gasteiger partial charge in [0, 0.05) is 51.1 Å². The highest BCUT2D eigenvalue weighted by Crippen LogP contribution is 2.28. The first kappa shape index (κ1) is 18.6. The van der Waals surface area contributed by atoms with Gasteiger partial charge in [0.2, 0.25) is 17.7 Å². The second kappa shape index (κ2) is 7.71. The topological polar surface area (TPSA) is 98.8 Å². The molecule has 2 saturated heterocycles. The van der Waals surface area contributed by atoms with Crippen molar-refractivity contribution in [2.24, 2.45) is 0 Å². The first-order chi connectivity index (χ1) is 13.5. The fourth-order valence-electron chi connectivity index (χ4n) is 4.11. The summed E-state index contributed by atoms with van der Waals surface area (Å²) in [6.07, 6.45) is 1.68. The van der Waals surface area contributed by atoms with E-state index in [0.29, 0.717) is 31.4 Å². The van der Waals surface area contributed by atoms with E-state index in [-0.39, 0.29) is 24.1 Å². The van der Waals surface area contributed by atoms with Crippen molar-refractivity contribution >= 4 is 23.6 Å². The lowest BCUT2D eigenvalue weighted by Crippen LogP contribution is -2.52. The zero-order chi connectivity index (χ0) is 19.7. The maximum Gasteiger partial charge on any atom is 0.255 e. The van der Waals surface area contributed by atoms with Crippen LogP contribution >= 0.6 is 0 Å². The molecule has 0 aromatic heterocycles. The number of piperazine rings is 1. The van der Waals surface area contributed by atoms with Gasteiger partial charge in [0.15, 0.2) is 0 Å². The average molecular weight is 384 g/mol. The number of imide groups is 1. The highest BCUT2D eigenvalue weighted by Gasteiger charge is 2.39. The van der Waals surface area contributed by atoms with Crippen molar-refractivity contribution in [3.05, 3.63) is 34.9 Å². The van der Waals surface area contributed by atoms with Gasteiger partial charge in [0.05, 0.1) is 0 Å². The summed E-state index contributed by atoms with van der Waals surface area (Å²) in [5.74, 6) is -0.711. The predicted octanol–water partition coefficient (Wildman–Crippen LogP) is -0.188. The van der Waals surface area contributed by atoms with Crippen molar-refractivity contribution in [3.63, 3.8) is 0 Å². The number of rotatable bonds is 4. The zero-order valence-electron chi connectivity index (χ0n) is 15.7. The molecule has 3 heterocycles. The number of carbonyl (C=O) groups is 4. The third-order valence-corrected chi connectivity index (χ3v) is 5.69. The minimum Gasteiger partial charge on any atom is -0.340 e. The molecule has 3 aliphatic rings. The van der Waals surface area contributed by atoms with E-state index in [2.05, 4.69) is 10.6 Å². The van der Waals surface area contributed by atoms with Gasteiger partial charge in [-0.05, 0) is 30.0 Å². The second-order valence-corrected chi connectivity index (χ2v) is 7.52. The van der Waals surface area contributed by atoms with Crippen LogP contribution in [-0.2, 0) is 27.3 Å². The predicted molar refractivity (Wildman–Crippen MR) is 100 cm³/mol. The molecular weight excluding hydrogens is 360 g/mol. The normalized spacial score (nSPS) is 22.3. The summed E-state index contributed by atoms with van der Waals surface area (Å²) in [4.78, 5) is 51.9. The monoisotopic (exact) mass is 384 g/mol. The number of benzene rings is 1. The molecule has 1 unspecified atom stereocenters. The Morgan fingerprint density at radius 1 is 1.14 bits per heavy atom. The quantitative estimate of drug-likeness (QED) is 0.702. The van der Waals surface area contributed by atoms with Crippen molar-refractivity contribution in [2.75, 3.05) is 26.2 Å². The molecule has 0 spiro atoms. The number of hydrogen-bond acceptors (Lipinski definition) is 5. The van der Waals surface area contributed by atoms with E-state index in [4.69, 9.17) is 0 Å². The van der Waals surface area contributed by atoms with Gasteiger partial charge in [0.1, 0.15) is 6.04 Å². The molecule has 4 amide bonds. The third-order valence-electron chi connectivity index (χ3n) is 5.69. The molecule has 1 atom stereocenters. The van der Waals surface area contributed by atoms with E-state index in [1.807, 2.05) is 17.0 Å². The molecule has 3 aliphatic heterocycles.